The van der Waals surface area contributed by atoms with E-state index in [1.165, 1.54) is 0 Å². The molecule has 1 amide bonds. The summed E-state index contributed by atoms with van der Waals surface area (Å²) in [5, 5.41) is 0. The number of carbonyl (C=O) groups is 1. The molecule has 5 heterocycles. The predicted molar refractivity (Wildman–Crippen MR) is 146 cm³/mol. The van der Waals surface area contributed by atoms with Crippen LogP contribution in [0.15, 0.2) is 12.4 Å². The average molecular weight is 532 g/mol. The van der Waals surface area contributed by atoms with Crippen molar-refractivity contribution in [2.24, 2.45) is 11.1 Å². The monoisotopic (exact) mass is 531 g/mol. The highest BCUT2D eigenvalue weighted by Crippen LogP contribution is 2.42. The van der Waals surface area contributed by atoms with E-state index in [9.17, 15) is 4.79 Å². The van der Waals surface area contributed by atoms with E-state index in [2.05, 4.69) is 33.6 Å². The van der Waals surface area contributed by atoms with Gasteiger partial charge in [-0.15, -0.1) is 12.4 Å². The minimum atomic E-state index is -0.571. The van der Waals surface area contributed by atoms with E-state index in [4.69, 9.17) is 26.2 Å². The van der Waals surface area contributed by atoms with Crippen molar-refractivity contribution in [3.05, 3.63) is 18.0 Å². The van der Waals surface area contributed by atoms with Crippen LogP contribution < -0.4 is 21.3 Å². The Morgan fingerprint density at radius 1 is 1.22 bits per heavy atom. The van der Waals surface area contributed by atoms with Gasteiger partial charge in [0, 0.05) is 56.2 Å². The lowest BCUT2D eigenvalue weighted by Gasteiger charge is -2.38. The number of amides is 1. The molecule has 202 valence electrons. The van der Waals surface area contributed by atoms with Gasteiger partial charge in [0.2, 0.25) is 17.8 Å². The maximum Gasteiger partial charge on any atom is 0.229 e. The topological polar surface area (TPSA) is 140 Å². The Hall–Kier alpha value is -2.76. The highest BCUT2D eigenvalue weighted by atomic mass is 35.5. The van der Waals surface area contributed by atoms with Gasteiger partial charge in [-0.25, -0.2) is 15.0 Å². The van der Waals surface area contributed by atoms with Gasteiger partial charge < -0.3 is 30.9 Å². The summed E-state index contributed by atoms with van der Waals surface area (Å²) in [4.78, 5) is 38.3. The molecule has 2 aromatic heterocycles. The van der Waals surface area contributed by atoms with E-state index in [0.29, 0.717) is 38.8 Å². The Bertz CT molecular complexity index is 1150. The van der Waals surface area contributed by atoms with Gasteiger partial charge in [0.1, 0.15) is 5.82 Å². The number of likely N-dealkylation sites (tertiary alicyclic amines) is 1. The van der Waals surface area contributed by atoms with Gasteiger partial charge in [0.05, 0.1) is 35.9 Å². The third-order valence-corrected chi connectivity index (χ3v) is 7.86. The van der Waals surface area contributed by atoms with Gasteiger partial charge in [-0.1, -0.05) is 0 Å². The predicted octanol–water partition coefficient (Wildman–Crippen LogP) is 1.50. The van der Waals surface area contributed by atoms with Crippen LogP contribution in [0.25, 0.3) is 11.3 Å². The average Bonchev–Trinajstić information content (AvgIpc) is 3.48. The molecule has 37 heavy (non-hydrogen) atoms. The molecule has 4 N–H and O–H groups in total. The van der Waals surface area contributed by atoms with Crippen molar-refractivity contribution in [3.63, 3.8) is 0 Å². The summed E-state index contributed by atoms with van der Waals surface area (Å²) in [6, 6.07) is 0.163. The van der Waals surface area contributed by atoms with Crippen LogP contribution >= 0.6 is 12.4 Å². The summed E-state index contributed by atoms with van der Waals surface area (Å²) in [5.41, 5.74) is 13.6. The van der Waals surface area contributed by atoms with Gasteiger partial charge in [0.25, 0.3) is 0 Å². The smallest absolute Gasteiger partial charge is 0.229 e. The highest BCUT2D eigenvalue weighted by molar-refractivity contribution is 5.85. The molecule has 0 unspecified atom stereocenters. The molecule has 3 aliphatic rings. The largest absolute Gasteiger partial charge is 0.377 e. The fourth-order valence-electron chi connectivity index (χ4n) is 5.48. The molecule has 3 aliphatic heterocycles. The van der Waals surface area contributed by atoms with Crippen molar-refractivity contribution >= 4 is 36.0 Å². The number of anilines is 3. The molecule has 2 aromatic rings. The van der Waals surface area contributed by atoms with Crippen molar-refractivity contribution < 1.29 is 9.53 Å². The first kappa shape index (κ1) is 27.3. The highest BCUT2D eigenvalue weighted by Gasteiger charge is 2.46. The second-order valence-electron chi connectivity index (χ2n) is 11.1. The summed E-state index contributed by atoms with van der Waals surface area (Å²) in [5.74, 6) is 1.96. The second-order valence-corrected chi connectivity index (χ2v) is 11.1. The molecule has 2 atom stereocenters. The Labute approximate surface area is 224 Å². The van der Waals surface area contributed by atoms with Gasteiger partial charge in [-0.2, -0.15) is 4.98 Å². The number of morpholine rings is 1. The lowest BCUT2D eigenvalue weighted by atomic mass is 9.92. The number of halogens is 1. The summed E-state index contributed by atoms with van der Waals surface area (Å²) < 4.78 is 5.66. The lowest BCUT2D eigenvalue weighted by molar-refractivity contribution is -0.138. The number of nitrogens with two attached hydrogens (primary N) is 2. The van der Waals surface area contributed by atoms with Gasteiger partial charge >= 0.3 is 0 Å². The molecule has 2 fully saturated rings. The van der Waals surface area contributed by atoms with E-state index < -0.39 is 5.41 Å². The summed E-state index contributed by atoms with van der Waals surface area (Å²) in [6.45, 7) is 12.7. The van der Waals surface area contributed by atoms with Gasteiger partial charge in [-0.05, 0) is 40.5 Å². The van der Waals surface area contributed by atoms with Crippen molar-refractivity contribution in [1.82, 2.24) is 24.8 Å². The van der Waals surface area contributed by atoms with Crippen LogP contribution in [0.3, 0.4) is 0 Å². The number of fused-ring (bicyclic) bond motifs is 1. The standard InChI is InChI=1S/C25H37N9O2.ClH/c1-16-13-36-10-9-33(16)23-30-19(17-11-28-22(27)29-12-17)18-5-7-34(20(18)31-23)25(4)6-8-32(15-25)21(35)24(2,3)14-26;/h11-12,16H,5-10,13-15,26H2,1-4H3,(H2,27,28,29);1H/t16-,25-;/m0./s1. The number of nitrogen functional groups attached to an aromatic ring is 1. The Morgan fingerprint density at radius 2 is 1.95 bits per heavy atom. The molecule has 0 aromatic carbocycles. The molecule has 12 heteroatoms. The first-order valence-electron chi connectivity index (χ1n) is 12.7. The number of aromatic nitrogens is 4. The molecule has 0 bridgehead atoms. The second kappa shape index (κ2) is 10.2. The van der Waals surface area contributed by atoms with Crippen LogP contribution in [-0.2, 0) is 16.0 Å². The van der Waals surface area contributed by atoms with Crippen LogP contribution in [0.1, 0.15) is 39.7 Å². The van der Waals surface area contributed by atoms with Crippen LogP contribution in [-0.4, -0.2) is 88.3 Å². The molecular weight excluding hydrogens is 494 g/mol. The summed E-state index contributed by atoms with van der Waals surface area (Å²) >= 11 is 0. The van der Waals surface area contributed by atoms with Crippen molar-refractivity contribution in [1.29, 1.82) is 0 Å². The zero-order chi connectivity index (χ0) is 25.7. The maximum absolute atomic E-state index is 13.2. The molecule has 0 saturated carbocycles. The third kappa shape index (κ3) is 4.92. The number of ether oxygens (including phenoxy) is 1. The normalized spacial score (nSPS) is 23.7. The molecule has 0 radical (unpaired) electrons. The maximum atomic E-state index is 13.2. The molecular formula is C25H38ClN9O2. The molecule has 2 saturated heterocycles. The van der Waals surface area contributed by atoms with Crippen LogP contribution in [0.2, 0.25) is 0 Å². The Balaban J connectivity index is 0.00000320. The minimum absolute atomic E-state index is 0. The molecule has 11 nitrogen and oxygen atoms in total. The van der Waals surface area contributed by atoms with Crippen molar-refractivity contribution in [3.8, 4) is 11.3 Å². The first-order valence-corrected chi connectivity index (χ1v) is 12.7. The van der Waals surface area contributed by atoms with Crippen molar-refractivity contribution in [2.75, 3.05) is 61.5 Å². The van der Waals surface area contributed by atoms with Crippen LogP contribution in [0.5, 0.6) is 0 Å². The Kier molecular flexibility index (Phi) is 7.51. The fraction of sp³-hybridized carbons (Fsp3) is 0.640. The minimum Gasteiger partial charge on any atom is -0.377 e. The first-order chi connectivity index (χ1) is 17.1. The van der Waals surface area contributed by atoms with E-state index in [-0.39, 0.29) is 35.8 Å². The van der Waals surface area contributed by atoms with Crippen LogP contribution in [0.4, 0.5) is 17.7 Å². The lowest BCUT2D eigenvalue weighted by Crippen LogP contribution is -2.51. The molecule has 5 rings (SSSR count). The quantitative estimate of drug-likeness (QED) is 0.583. The summed E-state index contributed by atoms with van der Waals surface area (Å²) in [7, 11) is 0. The number of hydrogen-bond donors (Lipinski definition) is 2. The SMILES string of the molecule is C[C@H]1COCCN1c1nc(-c2cnc(N)nc2)c2c(n1)N([C@@]1(C)CCN(C(=O)C(C)(C)CN)C1)CC2.Cl. The number of hydrogen-bond acceptors (Lipinski definition) is 10. The van der Waals surface area contributed by atoms with Crippen molar-refractivity contribution in [2.45, 2.75) is 52.1 Å². The zero-order valence-corrected chi connectivity index (χ0v) is 22.9. The number of rotatable bonds is 5. The zero-order valence-electron chi connectivity index (χ0n) is 22.1. The molecule has 0 spiro atoms. The van der Waals surface area contributed by atoms with Gasteiger partial charge in [0.15, 0.2) is 0 Å². The summed E-state index contributed by atoms with van der Waals surface area (Å²) in [6.07, 6.45) is 5.14. The Morgan fingerprint density at radius 3 is 2.62 bits per heavy atom. The third-order valence-electron chi connectivity index (χ3n) is 7.86. The molecule has 0 aliphatic carbocycles. The van der Waals surface area contributed by atoms with E-state index >= 15 is 0 Å². The number of carbonyl (C=O) groups excluding carboxylic acids is 1. The van der Waals surface area contributed by atoms with Crippen LogP contribution in [0, 0.1) is 5.41 Å². The fourth-order valence-corrected chi connectivity index (χ4v) is 5.48. The number of nitrogens with zero attached hydrogens (tertiary/aromatic N) is 7. The van der Waals surface area contributed by atoms with E-state index in [1.54, 1.807) is 12.4 Å². The van der Waals surface area contributed by atoms with Gasteiger partial charge in [-0.3, -0.25) is 4.79 Å². The van der Waals surface area contributed by atoms with E-state index in [1.807, 2.05) is 18.7 Å². The van der Waals surface area contributed by atoms with E-state index in [0.717, 1.165) is 48.6 Å².